The Morgan fingerprint density at radius 3 is 2.85 bits per heavy atom. The third kappa shape index (κ3) is 4.97. The van der Waals surface area contributed by atoms with E-state index in [0.717, 1.165) is 6.07 Å². The highest BCUT2D eigenvalue weighted by Crippen LogP contribution is 2.19. The normalized spacial score (nSPS) is 11.8. The monoisotopic (exact) mass is 283 g/mol. The molecular weight excluding hydrogens is 265 g/mol. The maximum absolute atomic E-state index is 13.6. The topological polar surface area (TPSA) is 64.6 Å². The summed E-state index contributed by atoms with van der Waals surface area (Å²) in [6.45, 7) is 2.54. The van der Waals surface area contributed by atoms with Crippen molar-refractivity contribution in [2.45, 2.75) is 19.4 Å². The Kier molecular flexibility index (Phi) is 6.66. The molecule has 0 radical (unpaired) electrons. The lowest BCUT2D eigenvalue weighted by Gasteiger charge is -2.15. The van der Waals surface area contributed by atoms with Crippen LogP contribution in [0.3, 0.4) is 0 Å². The Bertz CT molecular complexity index is 464. The second kappa shape index (κ2) is 8.27. The van der Waals surface area contributed by atoms with E-state index < -0.39 is 11.9 Å². The fraction of sp³-hybridized carbons (Fsp3) is 0.429. The number of hydrogen-bond donors (Lipinski definition) is 1. The molecule has 0 aliphatic heterocycles. The van der Waals surface area contributed by atoms with E-state index in [1.165, 1.54) is 19.1 Å². The zero-order valence-electron chi connectivity index (χ0n) is 11.5. The van der Waals surface area contributed by atoms with E-state index >= 15 is 0 Å². The van der Waals surface area contributed by atoms with Gasteiger partial charge in [0, 0.05) is 25.8 Å². The van der Waals surface area contributed by atoms with Crippen molar-refractivity contribution >= 4 is 12.2 Å². The van der Waals surface area contributed by atoms with Gasteiger partial charge in [-0.1, -0.05) is 0 Å². The first-order valence-corrected chi connectivity index (χ1v) is 6.26. The molecule has 1 amide bonds. The van der Waals surface area contributed by atoms with E-state index in [0.29, 0.717) is 25.9 Å². The van der Waals surface area contributed by atoms with Gasteiger partial charge in [-0.3, -0.25) is 9.59 Å². The van der Waals surface area contributed by atoms with Gasteiger partial charge in [0.2, 0.25) is 0 Å². The van der Waals surface area contributed by atoms with Gasteiger partial charge in [0.1, 0.15) is 6.29 Å². The van der Waals surface area contributed by atoms with Crippen molar-refractivity contribution in [2.24, 2.45) is 0 Å². The van der Waals surface area contributed by atoms with E-state index in [4.69, 9.17) is 9.47 Å². The first-order valence-electron chi connectivity index (χ1n) is 6.26. The van der Waals surface area contributed by atoms with Crippen LogP contribution in [0.25, 0.3) is 0 Å². The van der Waals surface area contributed by atoms with Crippen LogP contribution in [0.2, 0.25) is 0 Å². The highest BCUT2D eigenvalue weighted by atomic mass is 19.1. The van der Waals surface area contributed by atoms with Crippen molar-refractivity contribution in [3.8, 4) is 5.75 Å². The van der Waals surface area contributed by atoms with Gasteiger partial charge < -0.3 is 14.8 Å². The molecule has 0 saturated heterocycles. The number of carbonyl (C=O) groups is 2. The molecule has 0 fully saturated rings. The number of methoxy groups -OCH3 is 1. The van der Waals surface area contributed by atoms with E-state index in [1.54, 1.807) is 7.11 Å². The maximum atomic E-state index is 13.6. The number of benzene rings is 1. The van der Waals surface area contributed by atoms with Gasteiger partial charge in [0.25, 0.3) is 5.91 Å². The van der Waals surface area contributed by atoms with E-state index in [1.807, 2.05) is 0 Å². The van der Waals surface area contributed by atoms with Crippen LogP contribution < -0.4 is 10.1 Å². The third-order valence-electron chi connectivity index (χ3n) is 2.59. The average Bonchev–Trinajstić information content (AvgIpc) is 2.45. The summed E-state index contributed by atoms with van der Waals surface area (Å²) in [5.41, 5.74) is 0.214. The van der Waals surface area contributed by atoms with Gasteiger partial charge in [-0.15, -0.1) is 0 Å². The fourth-order valence-electron chi connectivity index (χ4n) is 1.50. The lowest BCUT2D eigenvalue weighted by atomic mass is 10.2. The van der Waals surface area contributed by atoms with Gasteiger partial charge in [0.05, 0.1) is 0 Å². The molecule has 1 aromatic rings. The molecule has 0 aliphatic carbocycles. The smallest absolute Gasteiger partial charge is 0.260 e. The summed E-state index contributed by atoms with van der Waals surface area (Å²) in [6.07, 6.45) is 0.407. The summed E-state index contributed by atoms with van der Waals surface area (Å²) in [4.78, 5) is 22.2. The Morgan fingerprint density at radius 1 is 1.50 bits per heavy atom. The predicted octanol–water partition coefficient (Wildman–Crippen LogP) is 1.56. The summed E-state index contributed by atoms with van der Waals surface area (Å²) < 4.78 is 23.7. The standard InChI is InChI=1S/C14H18FNO4/c1-10(14(18)16-6-3-7-19-2)20-13-5-4-11(9-17)8-12(13)15/h4-5,8-10H,3,6-7H2,1-2H3,(H,16,18). The molecule has 0 spiro atoms. The lowest BCUT2D eigenvalue weighted by Crippen LogP contribution is -2.37. The molecule has 6 heteroatoms. The van der Waals surface area contributed by atoms with Crippen molar-refractivity contribution < 1.29 is 23.5 Å². The lowest BCUT2D eigenvalue weighted by molar-refractivity contribution is -0.127. The minimum absolute atomic E-state index is 0.0601. The number of rotatable bonds is 8. The molecule has 110 valence electrons. The second-order valence-corrected chi connectivity index (χ2v) is 4.21. The second-order valence-electron chi connectivity index (χ2n) is 4.21. The van der Waals surface area contributed by atoms with Crippen LogP contribution in [0.15, 0.2) is 18.2 Å². The molecule has 0 heterocycles. The number of ether oxygens (including phenoxy) is 2. The number of carbonyl (C=O) groups excluding carboxylic acids is 2. The molecule has 1 unspecified atom stereocenters. The molecule has 1 rings (SSSR count). The summed E-state index contributed by atoms with van der Waals surface area (Å²) >= 11 is 0. The molecule has 0 aromatic heterocycles. The molecule has 0 bridgehead atoms. The zero-order valence-corrected chi connectivity index (χ0v) is 11.5. The Balaban J connectivity index is 2.50. The van der Waals surface area contributed by atoms with E-state index in [9.17, 15) is 14.0 Å². The van der Waals surface area contributed by atoms with Crippen molar-refractivity contribution in [1.29, 1.82) is 0 Å². The van der Waals surface area contributed by atoms with Gasteiger partial charge in [0.15, 0.2) is 17.7 Å². The van der Waals surface area contributed by atoms with Crippen molar-refractivity contribution in [3.05, 3.63) is 29.6 Å². The van der Waals surface area contributed by atoms with Gasteiger partial charge in [-0.25, -0.2) is 4.39 Å². The molecule has 0 aliphatic rings. The summed E-state index contributed by atoms with van der Waals surface area (Å²) in [6, 6.07) is 3.81. The number of hydrogen-bond acceptors (Lipinski definition) is 4. The number of halogens is 1. The first-order chi connectivity index (χ1) is 9.58. The van der Waals surface area contributed by atoms with Crippen molar-refractivity contribution in [1.82, 2.24) is 5.32 Å². The molecule has 20 heavy (non-hydrogen) atoms. The molecule has 5 nitrogen and oxygen atoms in total. The van der Waals surface area contributed by atoms with Crippen LogP contribution in [0.5, 0.6) is 5.75 Å². The SMILES string of the molecule is COCCCNC(=O)C(C)Oc1ccc(C=O)cc1F. The summed E-state index contributed by atoms with van der Waals surface area (Å²) in [5.74, 6) is -1.07. The largest absolute Gasteiger partial charge is 0.478 e. The van der Waals surface area contributed by atoms with Crippen LogP contribution in [-0.4, -0.2) is 38.6 Å². The molecule has 1 N–H and O–H groups in total. The van der Waals surface area contributed by atoms with Gasteiger partial charge in [-0.2, -0.15) is 0 Å². The molecular formula is C14H18FNO4. The van der Waals surface area contributed by atoms with Crippen LogP contribution >= 0.6 is 0 Å². The van der Waals surface area contributed by atoms with Crippen molar-refractivity contribution in [2.75, 3.05) is 20.3 Å². The van der Waals surface area contributed by atoms with Gasteiger partial charge in [-0.05, 0) is 31.5 Å². The number of amides is 1. The summed E-state index contributed by atoms with van der Waals surface area (Å²) in [7, 11) is 1.58. The highest BCUT2D eigenvalue weighted by molar-refractivity contribution is 5.80. The molecule has 1 aromatic carbocycles. The Hall–Kier alpha value is -1.95. The minimum Gasteiger partial charge on any atom is -0.478 e. The van der Waals surface area contributed by atoms with Crippen LogP contribution in [0.1, 0.15) is 23.7 Å². The Labute approximate surface area is 117 Å². The molecule has 1 atom stereocenters. The first kappa shape index (κ1) is 16.1. The number of nitrogens with one attached hydrogen (secondary N) is 1. The molecule has 0 saturated carbocycles. The van der Waals surface area contributed by atoms with E-state index in [-0.39, 0.29) is 17.2 Å². The predicted molar refractivity (Wildman–Crippen MR) is 71.4 cm³/mol. The third-order valence-corrected chi connectivity index (χ3v) is 2.59. The maximum Gasteiger partial charge on any atom is 0.260 e. The quantitative estimate of drug-likeness (QED) is 0.581. The number of aldehydes is 1. The van der Waals surface area contributed by atoms with Crippen LogP contribution in [0, 0.1) is 5.82 Å². The fourth-order valence-corrected chi connectivity index (χ4v) is 1.50. The Morgan fingerprint density at radius 2 is 2.25 bits per heavy atom. The summed E-state index contributed by atoms with van der Waals surface area (Å²) in [5, 5.41) is 2.66. The van der Waals surface area contributed by atoms with E-state index in [2.05, 4.69) is 5.32 Å². The highest BCUT2D eigenvalue weighted by Gasteiger charge is 2.16. The van der Waals surface area contributed by atoms with Crippen LogP contribution in [0.4, 0.5) is 4.39 Å². The van der Waals surface area contributed by atoms with Gasteiger partial charge >= 0.3 is 0 Å². The minimum atomic E-state index is -0.825. The van der Waals surface area contributed by atoms with Crippen molar-refractivity contribution in [3.63, 3.8) is 0 Å². The zero-order chi connectivity index (χ0) is 15.0. The van der Waals surface area contributed by atoms with Crippen LogP contribution in [-0.2, 0) is 9.53 Å². The average molecular weight is 283 g/mol.